The Balaban J connectivity index is 1.45. The molecule has 9 heteroatoms. The van der Waals surface area contributed by atoms with E-state index >= 15 is 0 Å². The molecule has 1 aliphatic heterocycles. The second-order valence-electron chi connectivity index (χ2n) is 6.83. The van der Waals surface area contributed by atoms with Gasteiger partial charge in [-0.25, -0.2) is 9.97 Å². The van der Waals surface area contributed by atoms with Crippen LogP contribution in [-0.2, 0) is 25.7 Å². The highest BCUT2D eigenvalue weighted by Gasteiger charge is 2.35. The minimum atomic E-state index is -4.52. The van der Waals surface area contributed by atoms with E-state index in [1.165, 1.54) is 6.20 Å². The van der Waals surface area contributed by atoms with Crippen LogP contribution in [0.2, 0.25) is 10.0 Å². The molecule has 150 valence electrons. The molecule has 0 saturated heterocycles. The maximum absolute atomic E-state index is 12.8. The molecule has 3 heterocycles. The second-order valence-corrected chi connectivity index (χ2v) is 7.71. The van der Waals surface area contributed by atoms with Gasteiger partial charge in [-0.15, -0.1) is 0 Å². The summed E-state index contributed by atoms with van der Waals surface area (Å²) in [6, 6.07) is 9.12. The Kier molecular flexibility index (Phi) is 5.46. The lowest BCUT2D eigenvalue weighted by atomic mass is 10.1. The van der Waals surface area contributed by atoms with E-state index in [4.69, 9.17) is 23.2 Å². The fourth-order valence-corrected chi connectivity index (χ4v) is 3.82. The standard InChI is InChI=1S/C20H15Cl2F3N4/c21-15-5-13(6-16(22)7-15)17-2-1-12(8-26-17)10-29-4-3-18-14(11-29)9-27-19(28-18)20(23,24)25/h1-2,5-9H,3-4,10-11H2. The number of rotatable bonds is 3. The third kappa shape index (κ3) is 4.69. The van der Waals surface area contributed by atoms with Crippen molar-refractivity contribution in [1.29, 1.82) is 0 Å². The first kappa shape index (κ1) is 20.1. The van der Waals surface area contributed by atoms with Crippen molar-refractivity contribution in [1.82, 2.24) is 19.9 Å². The van der Waals surface area contributed by atoms with E-state index in [1.54, 1.807) is 24.4 Å². The Hall–Kier alpha value is -2.22. The van der Waals surface area contributed by atoms with Crippen LogP contribution in [0.3, 0.4) is 0 Å². The van der Waals surface area contributed by atoms with Crippen LogP contribution in [0.4, 0.5) is 13.2 Å². The van der Waals surface area contributed by atoms with Gasteiger partial charge in [-0.2, -0.15) is 13.2 Å². The molecule has 0 saturated carbocycles. The third-order valence-electron chi connectivity index (χ3n) is 4.66. The van der Waals surface area contributed by atoms with E-state index in [0.717, 1.165) is 22.4 Å². The van der Waals surface area contributed by atoms with Gasteiger partial charge in [0.1, 0.15) is 0 Å². The molecular formula is C20H15Cl2F3N4. The van der Waals surface area contributed by atoms with Gasteiger partial charge < -0.3 is 0 Å². The molecule has 0 radical (unpaired) electrons. The van der Waals surface area contributed by atoms with Crippen LogP contribution >= 0.6 is 23.2 Å². The first-order valence-corrected chi connectivity index (χ1v) is 9.59. The van der Waals surface area contributed by atoms with Crippen LogP contribution in [0, 0.1) is 0 Å². The minimum absolute atomic E-state index is 0.452. The van der Waals surface area contributed by atoms with Crippen LogP contribution < -0.4 is 0 Å². The number of benzene rings is 1. The maximum atomic E-state index is 12.8. The summed E-state index contributed by atoms with van der Waals surface area (Å²) in [5.74, 6) is -1.08. The number of pyridine rings is 1. The molecule has 0 aliphatic carbocycles. The molecule has 3 aromatic rings. The monoisotopic (exact) mass is 438 g/mol. The molecule has 2 aromatic heterocycles. The molecule has 0 atom stereocenters. The van der Waals surface area contributed by atoms with Gasteiger partial charge in [0.05, 0.1) is 11.4 Å². The van der Waals surface area contributed by atoms with E-state index in [0.29, 0.717) is 41.8 Å². The van der Waals surface area contributed by atoms with Gasteiger partial charge in [-0.05, 0) is 29.8 Å². The summed E-state index contributed by atoms with van der Waals surface area (Å²) < 4.78 is 38.3. The summed E-state index contributed by atoms with van der Waals surface area (Å²) in [5, 5.41) is 1.09. The molecule has 0 unspecified atom stereocenters. The molecule has 0 bridgehead atoms. The number of alkyl halides is 3. The highest BCUT2D eigenvalue weighted by Crippen LogP contribution is 2.29. The predicted molar refractivity (Wildman–Crippen MR) is 105 cm³/mol. The first-order chi connectivity index (χ1) is 13.8. The van der Waals surface area contributed by atoms with E-state index in [-0.39, 0.29) is 0 Å². The van der Waals surface area contributed by atoms with Gasteiger partial charge >= 0.3 is 6.18 Å². The van der Waals surface area contributed by atoms with Crippen LogP contribution in [0.5, 0.6) is 0 Å². The highest BCUT2D eigenvalue weighted by molar-refractivity contribution is 6.35. The van der Waals surface area contributed by atoms with E-state index in [1.807, 2.05) is 12.1 Å². The van der Waals surface area contributed by atoms with E-state index in [2.05, 4.69) is 19.9 Å². The topological polar surface area (TPSA) is 41.9 Å². The highest BCUT2D eigenvalue weighted by atomic mass is 35.5. The molecule has 4 rings (SSSR count). The molecular weight excluding hydrogens is 424 g/mol. The van der Waals surface area contributed by atoms with Crippen molar-refractivity contribution in [2.45, 2.75) is 25.7 Å². The molecule has 4 nitrogen and oxygen atoms in total. The van der Waals surface area contributed by atoms with Gasteiger partial charge in [0.2, 0.25) is 5.82 Å². The van der Waals surface area contributed by atoms with Gasteiger partial charge in [-0.3, -0.25) is 9.88 Å². The maximum Gasteiger partial charge on any atom is 0.451 e. The van der Waals surface area contributed by atoms with Crippen molar-refractivity contribution in [2.75, 3.05) is 6.54 Å². The molecule has 1 aliphatic rings. The average molecular weight is 439 g/mol. The first-order valence-electron chi connectivity index (χ1n) is 8.84. The van der Waals surface area contributed by atoms with Crippen molar-refractivity contribution in [2.24, 2.45) is 0 Å². The zero-order chi connectivity index (χ0) is 20.6. The molecule has 0 fully saturated rings. The van der Waals surface area contributed by atoms with Crippen molar-refractivity contribution in [3.8, 4) is 11.3 Å². The molecule has 0 N–H and O–H groups in total. The number of fused-ring (bicyclic) bond motifs is 1. The Morgan fingerprint density at radius 1 is 1.00 bits per heavy atom. The number of hydrogen-bond acceptors (Lipinski definition) is 4. The van der Waals surface area contributed by atoms with Crippen molar-refractivity contribution < 1.29 is 13.2 Å². The largest absolute Gasteiger partial charge is 0.451 e. The summed E-state index contributed by atoms with van der Waals surface area (Å²) in [6.07, 6.45) is -1.01. The summed E-state index contributed by atoms with van der Waals surface area (Å²) in [6.45, 7) is 1.75. The Labute approximate surface area is 175 Å². The van der Waals surface area contributed by atoms with Crippen LogP contribution in [0.25, 0.3) is 11.3 Å². The number of hydrogen-bond donors (Lipinski definition) is 0. The van der Waals surface area contributed by atoms with Crippen LogP contribution in [0.15, 0.2) is 42.7 Å². The Morgan fingerprint density at radius 2 is 1.76 bits per heavy atom. The zero-order valence-corrected chi connectivity index (χ0v) is 16.6. The lowest BCUT2D eigenvalue weighted by Crippen LogP contribution is -2.31. The van der Waals surface area contributed by atoms with Crippen LogP contribution in [-0.4, -0.2) is 26.4 Å². The van der Waals surface area contributed by atoms with Gasteiger partial charge in [0.15, 0.2) is 0 Å². The fraction of sp³-hybridized carbons (Fsp3) is 0.250. The zero-order valence-electron chi connectivity index (χ0n) is 15.0. The van der Waals surface area contributed by atoms with E-state index in [9.17, 15) is 13.2 Å². The molecule has 1 aromatic carbocycles. The summed E-state index contributed by atoms with van der Waals surface area (Å²) in [4.78, 5) is 13.8. The lowest BCUT2D eigenvalue weighted by Gasteiger charge is -2.28. The summed E-state index contributed by atoms with van der Waals surface area (Å²) >= 11 is 12.1. The molecule has 0 amide bonds. The number of aromatic nitrogens is 3. The van der Waals surface area contributed by atoms with Crippen LogP contribution in [0.1, 0.15) is 22.6 Å². The number of nitrogens with zero attached hydrogens (tertiary/aromatic N) is 4. The minimum Gasteiger partial charge on any atom is -0.294 e. The Bertz CT molecular complexity index is 1020. The third-order valence-corrected chi connectivity index (χ3v) is 5.09. The average Bonchev–Trinajstić information content (AvgIpc) is 2.66. The van der Waals surface area contributed by atoms with Crippen molar-refractivity contribution in [3.63, 3.8) is 0 Å². The van der Waals surface area contributed by atoms with Crippen molar-refractivity contribution in [3.05, 3.63) is 75.4 Å². The second kappa shape index (κ2) is 7.89. The fourth-order valence-electron chi connectivity index (χ4n) is 3.29. The summed E-state index contributed by atoms with van der Waals surface area (Å²) in [7, 11) is 0. The SMILES string of the molecule is FC(F)(F)c1ncc2c(n1)CCN(Cc1ccc(-c3cc(Cl)cc(Cl)c3)nc1)C2. The normalized spacial score (nSPS) is 14.7. The van der Waals surface area contributed by atoms with Crippen molar-refractivity contribution >= 4 is 23.2 Å². The van der Waals surface area contributed by atoms with E-state index < -0.39 is 12.0 Å². The Morgan fingerprint density at radius 3 is 2.41 bits per heavy atom. The quantitative estimate of drug-likeness (QED) is 0.547. The molecule has 0 spiro atoms. The number of halogens is 5. The predicted octanol–water partition coefficient (Wildman–Crippen LogP) is 5.42. The lowest BCUT2D eigenvalue weighted by molar-refractivity contribution is -0.145. The van der Waals surface area contributed by atoms with Gasteiger partial charge in [0.25, 0.3) is 0 Å². The van der Waals surface area contributed by atoms with Gasteiger partial charge in [-0.1, -0.05) is 29.3 Å². The smallest absolute Gasteiger partial charge is 0.294 e. The summed E-state index contributed by atoms with van der Waals surface area (Å²) in [5.41, 5.74) is 3.78. The molecule has 29 heavy (non-hydrogen) atoms. The van der Waals surface area contributed by atoms with Gasteiger partial charge in [0, 0.05) is 59.6 Å².